The molecule has 0 unspecified atom stereocenters. The van der Waals surface area contributed by atoms with E-state index < -0.39 is 6.61 Å². The third kappa shape index (κ3) is 2.93. The molecule has 0 aromatic heterocycles. The Labute approximate surface area is 97.1 Å². The summed E-state index contributed by atoms with van der Waals surface area (Å²) in [6, 6.07) is 12.9. The average Bonchev–Trinajstić information content (AvgIpc) is 2.28. The molecule has 0 N–H and O–H groups in total. The van der Waals surface area contributed by atoms with Crippen LogP contribution in [0.1, 0.15) is 0 Å². The quantitative estimate of drug-likeness (QED) is 0.787. The molecule has 0 heterocycles. The minimum atomic E-state index is -2.93. The van der Waals surface area contributed by atoms with Gasteiger partial charge in [0.25, 0.3) is 0 Å². The van der Waals surface area contributed by atoms with Crippen molar-refractivity contribution in [2.75, 3.05) is 0 Å². The summed E-state index contributed by atoms with van der Waals surface area (Å²) in [6.45, 7) is -2.93. The lowest BCUT2D eigenvalue weighted by Crippen LogP contribution is -2.01. The molecule has 2 nitrogen and oxygen atoms in total. The van der Waals surface area contributed by atoms with Gasteiger partial charge >= 0.3 is 6.61 Å². The Hall–Kier alpha value is -2.10. The predicted octanol–water partition coefficient (Wildman–Crippen LogP) is 4.10. The van der Waals surface area contributed by atoms with Crippen LogP contribution in [-0.4, -0.2) is 6.61 Å². The van der Waals surface area contributed by atoms with Crippen molar-refractivity contribution in [3.63, 3.8) is 0 Å². The maximum absolute atomic E-state index is 12.1. The lowest BCUT2D eigenvalue weighted by molar-refractivity contribution is -0.0499. The number of halogens is 2. The molecule has 0 amide bonds. The van der Waals surface area contributed by atoms with Gasteiger partial charge in [0.1, 0.15) is 5.75 Å². The molecule has 0 saturated heterocycles. The smallest absolute Gasteiger partial charge is 0.387 e. The lowest BCUT2D eigenvalue weighted by atomic mass is 10.1. The Morgan fingerprint density at radius 1 is 0.941 bits per heavy atom. The molecule has 4 heteroatoms. The van der Waals surface area contributed by atoms with Crippen molar-refractivity contribution in [3.8, 4) is 22.6 Å². The largest absolute Gasteiger partial charge is 0.435 e. The van der Waals surface area contributed by atoms with E-state index in [9.17, 15) is 13.9 Å². The Morgan fingerprint density at radius 2 is 1.65 bits per heavy atom. The van der Waals surface area contributed by atoms with E-state index in [0.29, 0.717) is 5.56 Å². The Bertz CT molecular complexity index is 498. The second kappa shape index (κ2) is 4.82. The van der Waals surface area contributed by atoms with Gasteiger partial charge in [-0.1, -0.05) is 30.3 Å². The summed E-state index contributed by atoms with van der Waals surface area (Å²) in [5.41, 5.74) is 1.35. The van der Waals surface area contributed by atoms with Crippen LogP contribution in [0.4, 0.5) is 8.78 Å². The van der Waals surface area contributed by atoms with Crippen molar-refractivity contribution in [1.29, 1.82) is 0 Å². The van der Waals surface area contributed by atoms with Gasteiger partial charge in [-0.3, -0.25) is 5.11 Å². The SMILES string of the molecule is [O]c1cc(OC(F)F)cc(-c2ccccc2)c1. The highest BCUT2D eigenvalue weighted by molar-refractivity contribution is 5.66. The second-order valence-electron chi connectivity index (χ2n) is 3.44. The zero-order valence-corrected chi connectivity index (χ0v) is 8.77. The topological polar surface area (TPSA) is 29.1 Å². The Kier molecular flexibility index (Phi) is 3.23. The molecule has 1 radical (unpaired) electrons. The summed E-state index contributed by atoms with van der Waals surface area (Å²) in [6.07, 6.45) is 0. The fourth-order valence-corrected chi connectivity index (χ4v) is 1.54. The molecule has 0 fully saturated rings. The van der Waals surface area contributed by atoms with Gasteiger partial charge in [0.15, 0.2) is 5.75 Å². The predicted molar refractivity (Wildman–Crippen MR) is 58.6 cm³/mol. The fraction of sp³-hybridized carbons (Fsp3) is 0.0769. The number of rotatable bonds is 3. The van der Waals surface area contributed by atoms with Crippen LogP contribution in [0, 0.1) is 0 Å². The Balaban J connectivity index is 2.38. The monoisotopic (exact) mass is 235 g/mol. The van der Waals surface area contributed by atoms with E-state index in [-0.39, 0.29) is 11.5 Å². The van der Waals surface area contributed by atoms with Crippen LogP contribution in [0.25, 0.3) is 11.1 Å². The van der Waals surface area contributed by atoms with Gasteiger partial charge in [-0.25, -0.2) is 0 Å². The summed E-state index contributed by atoms with van der Waals surface area (Å²) in [4.78, 5) is 0. The minimum Gasteiger partial charge on any atom is -0.435 e. The number of alkyl halides is 2. The molecule has 0 aliphatic rings. The van der Waals surface area contributed by atoms with Gasteiger partial charge < -0.3 is 4.74 Å². The molecule has 0 aliphatic heterocycles. The van der Waals surface area contributed by atoms with Crippen LogP contribution < -0.4 is 4.74 Å². The molecule has 2 aromatic rings. The van der Waals surface area contributed by atoms with Gasteiger partial charge in [0.2, 0.25) is 0 Å². The number of benzene rings is 2. The van der Waals surface area contributed by atoms with Crippen LogP contribution in [0.3, 0.4) is 0 Å². The lowest BCUT2D eigenvalue weighted by Gasteiger charge is -2.07. The van der Waals surface area contributed by atoms with Crippen molar-refractivity contribution in [3.05, 3.63) is 48.5 Å². The van der Waals surface area contributed by atoms with Crippen molar-refractivity contribution in [2.24, 2.45) is 0 Å². The number of hydrogen-bond acceptors (Lipinski definition) is 1. The number of ether oxygens (including phenoxy) is 1. The first-order valence-corrected chi connectivity index (χ1v) is 4.97. The number of hydrogen-bond donors (Lipinski definition) is 0. The maximum atomic E-state index is 12.1. The standard InChI is InChI=1S/C13H9F2O2/c14-13(15)17-12-7-10(6-11(16)8-12)9-4-2-1-3-5-9/h1-8,13H. The van der Waals surface area contributed by atoms with Crippen molar-refractivity contribution >= 4 is 0 Å². The van der Waals surface area contributed by atoms with Gasteiger partial charge in [-0.2, -0.15) is 8.78 Å². The molecule has 87 valence electrons. The third-order valence-electron chi connectivity index (χ3n) is 2.21. The zero-order valence-electron chi connectivity index (χ0n) is 8.77. The summed E-state index contributed by atoms with van der Waals surface area (Å²) in [7, 11) is 0. The van der Waals surface area contributed by atoms with Gasteiger partial charge in [-0.15, -0.1) is 0 Å². The van der Waals surface area contributed by atoms with E-state index in [4.69, 9.17) is 0 Å². The summed E-state index contributed by atoms with van der Waals surface area (Å²) in [5, 5.41) is 11.3. The van der Waals surface area contributed by atoms with E-state index in [1.807, 2.05) is 6.07 Å². The first kappa shape index (κ1) is 11.4. The molecular formula is C13H9F2O2. The van der Waals surface area contributed by atoms with E-state index in [1.165, 1.54) is 12.1 Å². The zero-order chi connectivity index (χ0) is 12.3. The molecule has 0 saturated carbocycles. The molecule has 17 heavy (non-hydrogen) atoms. The van der Waals surface area contributed by atoms with Crippen LogP contribution in [0.2, 0.25) is 0 Å². The molecule has 2 aromatic carbocycles. The third-order valence-corrected chi connectivity index (χ3v) is 2.21. The maximum Gasteiger partial charge on any atom is 0.387 e. The first-order chi connectivity index (χ1) is 8.15. The van der Waals surface area contributed by atoms with Gasteiger partial charge in [0, 0.05) is 6.07 Å². The molecule has 0 atom stereocenters. The normalized spacial score (nSPS) is 10.5. The van der Waals surface area contributed by atoms with E-state index in [0.717, 1.165) is 11.6 Å². The first-order valence-electron chi connectivity index (χ1n) is 4.97. The molecule has 0 aliphatic carbocycles. The van der Waals surface area contributed by atoms with E-state index in [1.54, 1.807) is 24.3 Å². The van der Waals surface area contributed by atoms with Gasteiger partial charge in [0.05, 0.1) is 0 Å². The highest BCUT2D eigenvalue weighted by Crippen LogP contribution is 2.30. The molecule has 0 bridgehead atoms. The van der Waals surface area contributed by atoms with Crippen molar-refractivity contribution in [1.82, 2.24) is 0 Å². The Morgan fingerprint density at radius 3 is 2.29 bits per heavy atom. The molecule has 0 spiro atoms. The highest BCUT2D eigenvalue weighted by Gasteiger charge is 2.08. The van der Waals surface area contributed by atoms with Gasteiger partial charge in [-0.05, 0) is 23.3 Å². The van der Waals surface area contributed by atoms with Crippen LogP contribution in [-0.2, 0) is 5.11 Å². The van der Waals surface area contributed by atoms with E-state index in [2.05, 4.69) is 4.74 Å². The average molecular weight is 235 g/mol. The minimum absolute atomic E-state index is 0.119. The second-order valence-corrected chi connectivity index (χ2v) is 3.44. The molecule has 2 rings (SSSR count). The summed E-state index contributed by atoms with van der Waals surface area (Å²) < 4.78 is 28.3. The van der Waals surface area contributed by atoms with Crippen LogP contribution in [0.5, 0.6) is 11.5 Å². The summed E-state index contributed by atoms with van der Waals surface area (Å²) in [5.74, 6) is -0.478. The van der Waals surface area contributed by atoms with Crippen molar-refractivity contribution < 1.29 is 18.6 Å². The van der Waals surface area contributed by atoms with Crippen molar-refractivity contribution in [2.45, 2.75) is 6.61 Å². The van der Waals surface area contributed by atoms with Crippen LogP contribution >= 0.6 is 0 Å². The molecular weight excluding hydrogens is 226 g/mol. The highest BCUT2D eigenvalue weighted by atomic mass is 19.3. The van der Waals surface area contributed by atoms with E-state index >= 15 is 0 Å². The summed E-state index contributed by atoms with van der Waals surface area (Å²) >= 11 is 0. The van der Waals surface area contributed by atoms with Crippen LogP contribution in [0.15, 0.2) is 48.5 Å². The fourth-order valence-electron chi connectivity index (χ4n) is 1.54.